The summed E-state index contributed by atoms with van der Waals surface area (Å²) in [5, 5.41) is 21.2. The van der Waals surface area contributed by atoms with E-state index in [0.29, 0.717) is 0 Å². The van der Waals surface area contributed by atoms with Crippen molar-refractivity contribution in [3.63, 3.8) is 0 Å². The minimum Gasteiger partial charge on any atom is -0.464 e. The Hall–Kier alpha value is -9.04. The highest BCUT2D eigenvalue weighted by atomic mass is 16.3. The molecule has 0 aliphatic carbocycles. The van der Waals surface area contributed by atoms with Gasteiger partial charge >= 0.3 is 0 Å². The van der Waals surface area contributed by atoms with Crippen LogP contribution in [0.3, 0.4) is 0 Å². The molecule has 0 saturated carbocycles. The number of rotatable bonds is 4. The largest absolute Gasteiger partial charge is 0.464 e. The van der Waals surface area contributed by atoms with Gasteiger partial charge in [0.2, 0.25) is 0 Å². The van der Waals surface area contributed by atoms with E-state index < -0.39 is 0 Å². The molecule has 1 heteroatoms. The normalized spacial score (nSPS) is 11.8. The van der Waals surface area contributed by atoms with E-state index in [-0.39, 0.29) is 0 Å². The smallest absolute Gasteiger partial charge is 0.133 e. The van der Waals surface area contributed by atoms with Crippen molar-refractivity contribution in [3.8, 4) is 44.5 Å². The zero-order valence-corrected chi connectivity index (χ0v) is 37.7. The fraction of sp³-hybridized carbons (Fsp3) is 0. The van der Waals surface area contributed by atoms with E-state index in [1.54, 1.807) is 6.26 Å². The van der Waals surface area contributed by atoms with Crippen LogP contribution in [0, 0.1) is 0 Å². The molecule has 14 rings (SSSR count). The molecule has 0 N–H and O–H groups in total. The highest BCUT2D eigenvalue weighted by Gasteiger charge is 2.14. The van der Waals surface area contributed by atoms with Gasteiger partial charge in [-0.3, -0.25) is 0 Å². The number of hydrogen-bond acceptors (Lipinski definition) is 1. The third-order valence-corrected chi connectivity index (χ3v) is 14.5. The number of hydrogen-bond donors (Lipinski definition) is 0. The van der Waals surface area contributed by atoms with Crippen molar-refractivity contribution in [2.45, 2.75) is 0 Å². The zero-order chi connectivity index (χ0) is 45.4. The van der Waals surface area contributed by atoms with E-state index in [0.717, 1.165) is 27.7 Å². The Morgan fingerprint density at radius 2 is 0.565 bits per heavy atom. The molecule has 0 atom stereocenters. The van der Waals surface area contributed by atoms with Gasteiger partial charge in [-0.1, -0.05) is 194 Å². The van der Waals surface area contributed by atoms with Crippen LogP contribution in [0.25, 0.3) is 142 Å². The molecular formula is C68H42O. The standard InChI is InChI=1S/C68H42O/c1-3-13-58-44(10-1)20-31-56-41-64(60-15-5-7-17-62(60)67(56)58)53-28-26-48-36-46(22-23-50(48)38-53)43-12-9-35-69-66-34-33-52(40-55(66)30-19-43)47-24-25-51-39-54(29-27-49(51)37-47)65-42-57-32-21-45-11-2-4-14-59(45)68(57)63-18-8-6-16-61(63)65/h1-42H. The van der Waals surface area contributed by atoms with Crippen molar-refractivity contribution in [1.82, 2.24) is 0 Å². The molecule has 69 heavy (non-hydrogen) atoms. The predicted molar refractivity (Wildman–Crippen MR) is 296 cm³/mol. The summed E-state index contributed by atoms with van der Waals surface area (Å²) in [6.07, 6.45) is 1.78. The Kier molecular flexibility index (Phi) is 8.97. The van der Waals surface area contributed by atoms with Gasteiger partial charge < -0.3 is 4.42 Å². The summed E-state index contributed by atoms with van der Waals surface area (Å²) in [5.41, 5.74) is 10.3. The van der Waals surface area contributed by atoms with Crippen LogP contribution in [0.5, 0.6) is 0 Å². The van der Waals surface area contributed by atoms with Crippen LogP contribution in [0.15, 0.2) is 259 Å². The van der Waals surface area contributed by atoms with Crippen molar-refractivity contribution >= 4 is 97.1 Å². The zero-order valence-electron chi connectivity index (χ0n) is 37.7. The lowest BCUT2D eigenvalue weighted by molar-refractivity contribution is 0.607. The molecule has 0 aliphatic heterocycles. The first-order valence-electron chi connectivity index (χ1n) is 23.8. The fourth-order valence-corrected chi connectivity index (χ4v) is 11.1. The van der Waals surface area contributed by atoms with Gasteiger partial charge in [0.25, 0.3) is 0 Å². The molecule has 0 radical (unpaired) electrons. The average molecular weight is 875 g/mol. The first-order chi connectivity index (χ1) is 34.2. The number of benzene rings is 13. The summed E-state index contributed by atoms with van der Waals surface area (Å²) in [5.74, 6) is 0. The highest BCUT2D eigenvalue weighted by Crippen LogP contribution is 2.42. The second-order valence-corrected chi connectivity index (χ2v) is 18.4. The Labute approximate surface area is 399 Å². The van der Waals surface area contributed by atoms with Gasteiger partial charge in [0.15, 0.2) is 0 Å². The van der Waals surface area contributed by atoms with Crippen LogP contribution in [0.1, 0.15) is 0 Å². The van der Waals surface area contributed by atoms with Crippen LogP contribution >= 0.6 is 0 Å². The Balaban J connectivity index is 0.791. The predicted octanol–water partition coefficient (Wildman–Crippen LogP) is 19.5. The fourth-order valence-electron chi connectivity index (χ4n) is 11.1. The summed E-state index contributed by atoms with van der Waals surface area (Å²) in [7, 11) is 0. The molecule has 14 aromatic rings. The van der Waals surface area contributed by atoms with Gasteiger partial charge in [-0.15, -0.1) is 0 Å². The lowest BCUT2D eigenvalue weighted by Crippen LogP contribution is -1.87. The molecule has 0 amide bonds. The summed E-state index contributed by atoms with van der Waals surface area (Å²) >= 11 is 0. The molecule has 0 saturated heterocycles. The third kappa shape index (κ3) is 6.62. The van der Waals surface area contributed by atoms with Crippen LogP contribution in [0.4, 0.5) is 0 Å². The first kappa shape index (κ1) is 39.2. The number of fused-ring (bicyclic) bond motifs is 13. The second-order valence-electron chi connectivity index (χ2n) is 18.4. The molecular weight excluding hydrogens is 833 g/mol. The van der Waals surface area contributed by atoms with Crippen LogP contribution in [-0.4, -0.2) is 0 Å². The SMILES string of the molecule is c1coc2ccc(-c3ccc4cc(-c5cc6ccc7ccccc7c6c6ccccc56)ccc4c3)cc2ccc(-c2ccc3cc(-c4cc5ccc6ccccc6c5c5ccccc45)ccc3c2)c1. The Morgan fingerprint density at radius 1 is 0.203 bits per heavy atom. The molecule has 0 bridgehead atoms. The molecule has 1 heterocycles. The average Bonchev–Trinajstić information content (AvgIpc) is 3.52. The van der Waals surface area contributed by atoms with Crippen molar-refractivity contribution in [3.05, 3.63) is 255 Å². The van der Waals surface area contributed by atoms with Crippen LogP contribution < -0.4 is 0 Å². The summed E-state index contributed by atoms with van der Waals surface area (Å²) in [6.45, 7) is 0. The summed E-state index contributed by atoms with van der Waals surface area (Å²) in [4.78, 5) is 0. The molecule has 1 aromatic heterocycles. The van der Waals surface area contributed by atoms with Crippen molar-refractivity contribution in [1.29, 1.82) is 0 Å². The lowest BCUT2D eigenvalue weighted by Gasteiger charge is -2.14. The van der Waals surface area contributed by atoms with Gasteiger partial charge in [-0.05, 0) is 185 Å². The van der Waals surface area contributed by atoms with Gasteiger partial charge in [0.05, 0.1) is 6.26 Å². The molecule has 13 aromatic carbocycles. The third-order valence-electron chi connectivity index (χ3n) is 14.5. The molecule has 1 nitrogen and oxygen atoms in total. The Bertz CT molecular complexity index is 4490. The quantitative estimate of drug-likeness (QED) is 0.161. The van der Waals surface area contributed by atoms with Gasteiger partial charge in [0.1, 0.15) is 5.58 Å². The Morgan fingerprint density at radius 3 is 1.10 bits per heavy atom. The van der Waals surface area contributed by atoms with Crippen LogP contribution in [-0.2, 0) is 0 Å². The molecule has 0 spiro atoms. The van der Waals surface area contributed by atoms with Gasteiger partial charge in [-0.25, -0.2) is 0 Å². The van der Waals surface area contributed by atoms with Gasteiger partial charge in [-0.2, -0.15) is 0 Å². The van der Waals surface area contributed by atoms with E-state index in [2.05, 4.69) is 243 Å². The maximum absolute atomic E-state index is 6.21. The van der Waals surface area contributed by atoms with E-state index >= 15 is 0 Å². The first-order valence-corrected chi connectivity index (χ1v) is 23.8. The maximum atomic E-state index is 6.21. The maximum Gasteiger partial charge on any atom is 0.133 e. The monoisotopic (exact) mass is 874 g/mol. The van der Waals surface area contributed by atoms with Crippen molar-refractivity contribution in [2.24, 2.45) is 0 Å². The molecule has 0 aliphatic rings. The van der Waals surface area contributed by atoms with E-state index in [1.165, 1.54) is 114 Å². The lowest BCUT2D eigenvalue weighted by atomic mass is 9.90. The van der Waals surface area contributed by atoms with Crippen molar-refractivity contribution in [2.75, 3.05) is 0 Å². The van der Waals surface area contributed by atoms with Crippen LogP contribution in [0.2, 0.25) is 0 Å². The minimum absolute atomic E-state index is 0.822. The summed E-state index contributed by atoms with van der Waals surface area (Å²) in [6, 6.07) is 91.3. The molecule has 320 valence electrons. The summed E-state index contributed by atoms with van der Waals surface area (Å²) < 4.78 is 6.21. The van der Waals surface area contributed by atoms with Gasteiger partial charge in [0, 0.05) is 5.39 Å². The minimum atomic E-state index is 0.822. The molecule has 0 fully saturated rings. The van der Waals surface area contributed by atoms with E-state index in [9.17, 15) is 0 Å². The second kappa shape index (κ2) is 15.8. The highest BCUT2D eigenvalue weighted by molar-refractivity contribution is 6.25. The molecule has 0 unspecified atom stereocenters. The van der Waals surface area contributed by atoms with E-state index in [4.69, 9.17) is 4.42 Å². The van der Waals surface area contributed by atoms with E-state index in [1.807, 2.05) is 6.07 Å². The van der Waals surface area contributed by atoms with Crippen molar-refractivity contribution < 1.29 is 4.42 Å². The topological polar surface area (TPSA) is 13.1 Å².